The molecule has 0 radical (unpaired) electrons. The number of thiophene rings is 1. The maximum atomic E-state index is 12.5. The van der Waals surface area contributed by atoms with Crippen molar-refractivity contribution in [2.24, 2.45) is 11.7 Å². The van der Waals surface area contributed by atoms with Gasteiger partial charge < -0.3 is 15.8 Å². The van der Waals surface area contributed by atoms with E-state index >= 15 is 0 Å². The smallest absolute Gasteiger partial charge is 0.341 e. The summed E-state index contributed by atoms with van der Waals surface area (Å²) in [5.41, 5.74) is 6.04. The number of ether oxygens (including phenoxy) is 1. The summed E-state index contributed by atoms with van der Waals surface area (Å²) in [6, 6.07) is 0. The van der Waals surface area contributed by atoms with Crippen LogP contribution in [0, 0.1) is 12.8 Å². The van der Waals surface area contributed by atoms with Gasteiger partial charge in [0.05, 0.1) is 23.1 Å². The molecule has 144 valence electrons. The number of nitrogens with one attached hydrogen (secondary N) is 1. The summed E-state index contributed by atoms with van der Waals surface area (Å²) in [5.74, 6) is -0.840. The largest absolute Gasteiger partial charge is 0.459 e. The highest BCUT2D eigenvalue weighted by atomic mass is 32.1. The van der Waals surface area contributed by atoms with Crippen molar-refractivity contribution in [3.05, 3.63) is 16.0 Å². The third kappa shape index (κ3) is 5.04. The number of amides is 2. The van der Waals surface area contributed by atoms with Gasteiger partial charge in [-0.3, -0.25) is 14.5 Å². The maximum Gasteiger partial charge on any atom is 0.341 e. The van der Waals surface area contributed by atoms with Gasteiger partial charge in [-0.1, -0.05) is 6.92 Å². The van der Waals surface area contributed by atoms with Gasteiger partial charge in [0.2, 0.25) is 5.91 Å². The minimum absolute atomic E-state index is 0.206. The lowest BCUT2D eigenvalue weighted by molar-refractivity contribution is -0.117. The second-order valence-electron chi connectivity index (χ2n) is 7.11. The average molecular weight is 381 g/mol. The molecule has 8 heteroatoms. The van der Waals surface area contributed by atoms with Crippen LogP contribution in [0.15, 0.2) is 0 Å². The van der Waals surface area contributed by atoms with Crippen molar-refractivity contribution < 1.29 is 19.1 Å². The van der Waals surface area contributed by atoms with Crippen LogP contribution in [0.5, 0.6) is 0 Å². The van der Waals surface area contributed by atoms with Crippen molar-refractivity contribution in [1.82, 2.24) is 4.90 Å². The molecule has 0 spiro atoms. The quantitative estimate of drug-likeness (QED) is 0.737. The van der Waals surface area contributed by atoms with Gasteiger partial charge in [0.1, 0.15) is 5.00 Å². The second kappa shape index (κ2) is 8.64. The van der Waals surface area contributed by atoms with Gasteiger partial charge in [-0.05, 0) is 51.6 Å². The van der Waals surface area contributed by atoms with Crippen molar-refractivity contribution in [2.45, 2.75) is 46.6 Å². The number of primary amides is 1. The summed E-state index contributed by atoms with van der Waals surface area (Å²) in [7, 11) is 0. The Bertz CT molecular complexity index is 699. The zero-order chi connectivity index (χ0) is 19.4. The van der Waals surface area contributed by atoms with Crippen molar-refractivity contribution in [2.75, 3.05) is 25.0 Å². The summed E-state index contributed by atoms with van der Waals surface area (Å²) >= 11 is 1.01. The lowest BCUT2D eigenvalue weighted by Gasteiger charge is -2.30. The molecule has 1 aliphatic rings. The number of likely N-dealkylation sites (tertiary alicyclic amines) is 1. The zero-order valence-corrected chi connectivity index (χ0v) is 16.6. The number of piperidine rings is 1. The van der Waals surface area contributed by atoms with Crippen LogP contribution in [0.3, 0.4) is 0 Å². The molecule has 26 heavy (non-hydrogen) atoms. The minimum atomic E-state index is -0.628. The van der Waals surface area contributed by atoms with Gasteiger partial charge in [-0.2, -0.15) is 0 Å². The van der Waals surface area contributed by atoms with Crippen LogP contribution in [0.2, 0.25) is 0 Å². The molecule has 0 unspecified atom stereocenters. The van der Waals surface area contributed by atoms with E-state index in [-0.39, 0.29) is 29.0 Å². The van der Waals surface area contributed by atoms with Crippen molar-refractivity contribution in [3.8, 4) is 0 Å². The van der Waals surface area contributed by atoms with Gasteiger partial charge in [-0.25, -0.2) is 4.79 Å². The van der Waals surface area contributed by atoms with E-state index in [0.717, 1.165) is 30.8 Å². The third-order valence-electron chi connectivity index (χ3n) is 4.28. The Labute approximate surface area is 157 Å². The standard InChI is InChI=1S/C18H27N3O4S/c1-10(2)25-18(24)14-12(4)15(16(19)23)26-17(14)20-13(22)9-21-7-5-6-11(3)8-21/h10-11H,5-9H2,1-4H3,(H2,19,23)(H,20,22)/t11-/m0/s1. The fourth-order valence-electron chi connectivity index (χ4n) is 3.15. The molecule has 1 atom stereocenters. The fraction of sp³-hybridized carbons (Fsp3) is 0.611. The van der Waals surface area contributed by atoms with E-state index in [4.69, 9.17) is 10.5 Å². The minimum Gasteiger partial charge on any atom is -0.459 e. The fourth-order valence-corrected chi connectivity index (χ4v) is 4.22. The SMILES string of the molecule is Cc1c(C(N)=O)sc(NC(=O)CN2CCC[C@H](C)C2)c1C(=O)OC(C)C. The van der Waals surface area contributed by atoms with Crippen molar-refractivity contribution in [1.29, 1.82) is 0 Å². The van der Waals surface area contributed by atoms with Crippen LogP contribution in [0.1, 0.15) is 59.2 Å². The van der Waals surface area contributed by atoms with E-state index < -0.39 is 11.9 Å². The third-order valence-corrected chi connectivity index (χ3v) is 5.50. The van der Waals surface area contributed by atoms with Crippen LogP contribution in [0.25, 0.3) is 0 Å². The van der Waals surface area contributed by atoms with E-state index in [0.29, 0.717) is 16.5 Å². The Balaban J connectivity index is 2.18. The Morgan fingerprint density at radius 1 is 1.38 bits per heavy atom. The predicted molar refractivity (Wildman–Crippen MR) is 102 cm³/mol. The number of hydrogen-bond acceptors (Lipinski definition) is 6. The number of hydrogen-bond donors (Lipinski definition) is 2. The topological polar surface area (TPSA) is 102 Å². The number of carbonyl (C=O) groups excluding carboxylic acids is 3. The Kier molecular flexibility index (Phi) is 6.77. The molecule has 2 rings (SSSR count). The number of esters is 1. The Hall–Kier alpha value is -1.93. The monoisotopic (exact) mass is 381 g/mol. The van der Waals surface area contributed by atoms with Crippen LogP contribution in [0.4, 0.5) is 5.00 Å². The molecule has 0 aromatic carbocycles. The molecule has 2 heterocycles. The number of rotatable bonds is 6. The molecule has 1 aromatic heterocycles. The van der Waals surface area contributed by atoms with Gasteiger partial charge in [0, 0.05) is 6.54 Å². The van der Waals surface area contributed by atoms with Crippen LogP contribution >= 0.6 is 11.3 Å². The van der Waals surface area contributed by atoms with Crippen LogP contribution < -0.4 is 11.1 Å². The van der Waals surface area contributed by atoms with E-state index in [1.165, 1.54) is 6.42 Å². The number of anilines is 1. The Morgan fingerprint density at radius 2 is 2.08 bits per heavy atom. The molecule has 0 saturated carbocycles. The van der Waals surface area contributed by atoms with Crippen molar-refractivity contribution >= 4 is 34.1 Å². The Morgan fingerprint density at radius 3 is 2.65 bits per heavy atom. The molecular formula is C18H27N3O4S. The number of nitrogens with zero attached hydrogens (tertiary/aromatic N) is 1. The molecule has 3 N–H and O–H groups in total. The first-order valence-electron chi connectivity index (χ1n) is 8.85. The van der Waals surface area contributed by atoms with Gasteiger partial charge >= 0.3 is 5.97 Å². The lowest BCUT2D eigenvalue weighted by Crippen LogP contribution is -2.39. The zero-order valence-electron chi connectivity index (χ0n) is 15.8. The van der Waals surface area contributed by atoms with E-state index in [9.17, 15) is 14.4 Å². The summed E-state index contributed by atoms with van der Waals surface area (Å²) < 4.78 is 5.25. The van der Waals surface area contributed by atoms with Crippen molar-refractivity contribution in [3.63, 3.8) is 0 Å². The molecular weight excluding hydrogens is 354 g/mol. The van der Waals surface area contributed by atoms with E-state index in [1.807, 2.05) is 0 Å². The lowest BCUT2D eigenvalue weighted by atomic mass is 10.0. The first-order valence-corrected chi connectivity index (χ1v) is 9.67. The first kappa shape index (κ1) is 20.4. The highest BCUT2D eigenvalue weighted by Crippen LogP contribution is 2.33. The molecule has 0 bridgehead atoms. The molecule has 0 aliphatic carbocycles. The second-order valence-corrected chi connectivity index (χ2v) is 8.13. The number of nitrogens with two attached hydrogens (primary N) is 1. The summed E-state index contributed by atoms with van der Waals surface area (Å²) in [4.78, 5) is 38.9. The highest BCUT2D eigenvalue weighted by Gasteiger charge is 2.27. The molecule has 2 amide bonds. The molecule has 1 aliphatic heterocycles. The molecule has 7 nitrogen and oxygen atoms in total. The van der Waals surface area contributed by atoms with E-state index in [2.05, 4.69) is 17.1 Å². The molecule has 1 fully saturated rings. The average Bonchev–Trinajstić information content (AvgIpc) is 2.83. The highest BCUT2D eigenvalue weighted by molar-refractivity contribution is 7.18. The molecule has 1 saturated heterocycles. The molecule has 1 aromatic rings. The summed E-state index contributed by atoms with van der Waals surface area (Å²) in [5, 5.41) is 3.09. The van der Waals surface area contributed by atoms with Crippen LogP contribution in [-0.2, 0) is 9.53 Å². The maximum absolute atomic E-state index is 12.5. The number of carbonyl (C=O) groups is 3. The van der Waals surface area contributed by atoms with Gasteiger partial charge in [-0.15, -0.1) is 11.3 Å². The van der Waals surface area contributed by atoms with Gasteiger partial charge in [0.25, 0.3) is 5.91 Å². The van der Waals surface area contributed by atoms with E-state index in [1.54, 1.807) is 20.8 Å². The summed E-state index contributed by atoms with van der Waals surface area (Å²) in [6.07, 6.45) is 1.94. The summed E-state index contributed by atoms with van der Waals surface area (Å²) in [6.45, 7) is 9.31. The van der Waals surface area contributed by atoms with Crippen LogP contribution in [-0.4, -0.2) is 48.4 Å². The normalized spacial score (nSPS) is 18.0. The van der Waals surface area contributed by atoms with Gasteiger partial charge in [0.15, 0.2) is 0 Å². The first-order chi connectivity index (χ1) is 12.2. The predicted octanol–water partition coefficient (Wildman–Crippen LogP) is 2.39.